The fourth-order valence-electron chi connectivity index (χ4n) is 1.67. The van der Waals surface area contributed by atoms with Crippen molar-refractivity contribution >= 4 is 17.4 Å². The highest BCUT2D eigenvalue weighted by Crippen LogP contribution is 2.32. The van der Waals surface area contributed by atoms with Crippen LogP contribution in [0.5, 0.6) is 0 Å². The molecular formula is C12H13ClFN3. The molecule has 0 aliphatic carbocycles. The Morgan fingerprint density at radius 2 is 2.12 bits per heavy atom. The van der Waals surface area contributed by atoms with Gasteiger partial charge in [-0.05, 0) is 32.0 Å². The van der Waals surface area contributed by atoms with E-state index in [4.69, 9.17) is 17.3 Å². The van der Waals surface area contributed by atoms with Crippen molar-refractivity contribution in [2.75, 3.05) is 5.73 Å². The van der Waals surface area contributed by atoms with Crippen molar-refractivity contribution in [1.82, 2.24) is 9.55 Å². The lowest BCUT2D eigenvalue weighted by Crippen LogP contribution is -2.04. The normalized spacial score (nSPS) is 11.1. The minimum Gasteiger partial charge on any atom is -0.383 e. The Hall–Kier alpha value is -1.55. The van der Waals surface area contributed by atoms with Gasteiger partial charge in [-0.1, -0.05) is 11.6 Å². The standard InChI is InChI=1S/C12H13ClFN3/c1-7(2)17-6-16-11(12(17)15)9-4-3-8(14)5-10(9)13/h3-7H,15H2,1-2H3. The predicted molar refractivity (Wildman–Crippen MR) is 67.4 cm³/mol. The Morgan fingerprint density at radius 3 is 2.65 bits per heavy atom. The second-order valence-electron chi connectivity index (χ2n) is 4.10. The van der Waals surface area contributed by atoms with Gasteiger partial charge in [-0.2, -0.15) is 0 Å². The van der Waals surface area contributed by atoms with Gasteiger partial charge in [0.25, 0.3) is 0 Å². The smallest absolute Gasteiger partial charge is 0.131 e. The summed E-state index contributed by atoms with van der Waals surface area (Å²) in [7, 11) is 0. The maximum atomic E-state index is 13.0. The van der Waals surface area contributed by atoms with Crippen molar-refractivity contribution in [1.29, 1.82) is 0 Å². The van der Waals surface area contributed by atoms with Crippen LogP contribution in [0.4, 0.5) is 10.2 Å². The molecule has 0 radical (unpaired) electrons. The van der Waals surface area contributed by atoms with Gasteiger partial charge in [-0.15, -0.1) is 0 Å². The van der Waals surface area contributed by atoms with E-state index >= 15 is 0 Å². The third kappa shape index (κ3) is 2.13. The van der Waals surface area contributed by atoms with Gasteiger partial charge < -0.3 is 10.3 Å². The number of nitrogens with zero attached hydrogens (tertiary/aromatic N) is 2. The van der Waals surface area contributed by atoms with Crippen LogP contribution in [-0.4, -0.2) is 9.55 Å². The van der Waals surface area contributed by atoms with E-state index in [2.05, 4.69) is 4.98 Å². The van der Waals surface area contributed by atoms with Crippen molar-refractivity contribution in [2.45, 2.75) is 19.9 Å². The third-order valence-electron chi connectivity index (χ3n) is 2.57. The molecule has 0 aliphatic rings. The highest BCUT2D eigenvalue weighted by atomic mass is 35.5. The zero-order valence-corrected chi connectivity index (χ0v) is 10.4. The van der Waals surface area contributed by atoms with E-state index < -0.39 is 0 Å². The molecule has 0 spiro atoms. The molecule has 17 heavy (non-hydrogen) atoms. The van der Waals surface area contributed by atoms with Crippen LogP contribution in [-0.2, 0) is 0 Å². The first-order valence-corrected chi connectivity index (χ1v) is 5.66. The first kappa shape index (κ1) is 11.9. The number of halogens is 2. The second-order valence-corrected chi connectivity index (χ2v) is 4.51. The lowest BCUT2D eigenvalue weighted by Gasteiger charge is -2.09. The predicted octanol–water partition coefficient (Wildman–Crippen LogP) is 3.51. The minimum atomic E-state index is -0.374. The van der Waals surface area contributed by atoms with E-state index in [0.29, 0.717) is 22.1 Å². The van der Waals surface area contributed by atoms with Crippen molar-refractivity contribution < 1.29 is 4.39 Å². The molecule has 90 valence electrons. The maximum absolute atomic E-state index is 13.0. The molecule has 3 nitrogen and oxygen atoms in total. The van der Waals surface area contributed by atoms with E-state index in [1.54, 1.807) is 12.4 Å². The molecule has 1 aromatic carbocycles. The van der Waals surface area contributed by atoms with Crippen LogP contribution in [0.2, 0.25) is 5.02 Å². The number of hydrogen-bond donors (Lipinski definition) is 1. The van der Waals surface area contributed by atoms with Crippen LogP contribution >= 0.6 is 11.6 Å². The lowest BCUT2D eigenvalue weighted by molar-refractivity contribution is 0.607. The van der Waals surface area contributed by atoms with Gasteiger partial charge in [0.1, 0.15) is 17.3 Å². The Morgan fingerprint density at radius 1 is 1.41 bits per heavy atom. The molecule has 0 unspecified atom stereocenters. The molecule has 1 heterocycles. The first-order chi connectivity index (χ1) is 8.00. The number of aromatic nitrogens is 2. The van der Waals surface area contributed by atoms with Gasteiger partial charge in [0, 0.05) is 11.6 Å². The van der Waals surface area contributed by atoms with Crippen molar-refractivity contribution in [2.24, 2.45) is 0 Å². The highest BCUT2D eigenvalue weighted by molar-refractivity contribution is 6.33. The Bertz CT molecular complexity index is 549. The summed E-state index contributed by atoms with van der Waals surface area (Å²) in [5.74, 6) is 0.161. The second kappa shape index (κ2) is 4.37. The quantitative estimate of drug-likeness (QED) is 0.890. The van der Waals surface area contributed by atoms with Crippen LogP contribution in [0.25, 0.3) is 11.3 Å². The summed E-state index contributed by atoms with van der Waals surface area (Å²) >= 11 is 5.98. The minimum absolute atomic E-state index is 0.218. The van der Waals surface area contributed by atoms with Crippen molar-refractivity contribution in [3.05, 3.63) is 35.4 Å². The molecular weight excluding hydrogens is 241 g/mol. The summed E-state index contributed by atoms with van der Waals surface area (Å²) in [6, 6.07) is 4.40. The molecule has 5 heteroatoms. The van der Waals surface area contributed by atoms with Gasteiger partial charge in [0.05, 0.1) is 11.3 Å². The van der Waals surface area contributed by atoms with Crippen LogP contribution in [0.3, 0.4) is 0 Å². The zero-order chi connectivity index (χ0) is 12.6. The van der Waals surface area contributed by atoms with E-state index in [1.807, 2.05) is 18.4 Å². The van der Waals surface area contributed by atoms with Gasteiger partial charge in [0.2, 0.25) is 0 Å². The maximum Gasteiger partial charge on any atom is 0.131 e. The van der Waals surface area contributed by atoms with Crippen molar-refractivity contribution in [3.63, 3.8) is 0 Å². The summed E-state index contributed by atoms with van der Waals surface area (Å²) in [4.78, 5) is 4.23. The zero-order valence-electron chi connectivity index (χ0n) is 9.61. The van der Waals surface area contributed by atoms with E-state index in [9.17, 15) is 4.39 Å². The van der Waals surface area contributed by atoms with Gasteiger partial charge in [0.15, 0.2) is 0 Å². The number of imidazole rings is 1. The fourth-order valence-corrected chi connectivity index (χ4v) is 1.93. The lowest BCUT2D eigenvalue weighted by atomic mass is 10.1. The third-order valence-corrected chi connectivity index (χ3v) is 2.89. The Kier molecular flexibility index (Phi) is 3.07. The molecule has 0 amide bonds. The van der Waals surface area contributed by atoms with Gasteiger partial charge in [-0.3, -0.25) is 0 Å². The van der Waals surface area contributed by atoms with Crippen LogP contribution in [0.1, 0.15) is 19.9 Å². The van der Waals surface area contributed by atoms with Gasteiger partial charge in [-0.25, -0.2) is 9.37 Å². The average molecular weight is 254 g/mol. The molecule has 2 aromatic rings. The van der Waals surface area contributed by atoms with E-state index in [1.165, 1.54) is 12.1 Å². The van der Waals surface area contributed by atoms with Crippen molar-refractivity contribution in [3.8, 4) is 11.3 Å². The number of rotatable bonds is 2. The Balaban J connectivity index is 2.54. The number of benzene rings is 1. The summed E-state index contributed by atoms with van der Waals surface area (Å²) < 4.78 is 14.8. The molecule has 1 aromatic heterocycles. The number of nitrogen functional groups attached to an aromatic ring is 1. The molecule has 0 bridgehead atoms. The fraction of sp³-hybridized carbons (Fsp3) is 0.250. The van der Waals surface area contributed by atoms with Gasteiger partial charge >= 0.3 is 0 Å². The van der Waals surface area contributed by atoms with Crippen LogP contribution in [0.15, 0.2) is 24.5 Å². The van der Waals surface area contributed by atoms with E-state index in [-0.39, 0.29) is 11.9 Å². The van der Waals surface area contributed by atoms with Crippen LogP contribution in [0, 0.1) is 5.82 Å². The summed E-state index contributed by atoms with van der Waals surface area (Å²) in [5.41, 5.74) is 7.22. The molecule has 0 fully saturated rings. The number of hydrogen-bond acceptors (Lipinski definition) is 2. The average Bonchev–Trinajstić information content (AvgIpc) is 2.60. The molecule has 0 saturated heterocycles. The largest absolute Gasteiger partial charge is 0.383 e. The number of anilines is 1. The Labute approximate surface area is 104 Å². The molecule has 2 rings (SSSR count). The summed E-state index contributed by atoms with van der Waals surface area (Å²) in [6.45, 7) is 4.02. The molecule has 2 N–H and O–H groups in total. The molecule has 0 aliphatic heterocycles. The molecule has 0 saturated carbocycles. The monoisotopic (exact) mass is 253 g/mol. The van der Waals surface area contributed by atoms with Crippen LogP contribution < -0.4 is 5.73 Å². The first-order valence-electron chi connectivity index (χ1n) is 5.28. The summed E-state index contributed by atoms with van der Waals surface area (Å²) in [6.07, 6.45) is 1.66. The topological polar surface area (TPSA) is 43.8 Å². The summed E-state index contributed by atoms with van der Waals surface area (Å²) in [5, 5.41) is 0.311. The SMILES string of the molecule is CC(C)n1cnc(-c2ccc(F)cc2Cl)c1N. The van der Waals surface area contributed by atoms with E-state index in [0.717, 1.165) is 0 Å². The number of nitrogens with two attached hydrogens (primary N) is 1. The highest BCUT2D eigenvalue weighted by Gasteiger charge is 2.14. The molecule has 0 atom stereocenters.